The van der Waals surface area contributed by atoms with E-state index in [0.717, 1.165) is 17.1 Å². The number of hydrogen-bond acceptors (Lipinski definition) is 1. The van der Waals surface area contributed by atoms with Gasteiger partial charge in [0.2, 0.25) is 0 Å². The molecule has 1 N–H and O–H groups in total. The van der Waals surface area contributed by atoms with E-state index >= 15 is 0 Å². The van der Waals surface area contributed by atoms with Gasteiger partial charge in [0, 0.05) is 5.52 Å². The second-order valence-corrected chi connectivity index (χ2v) is 11.2. The van der Waals surface area contributed by atoms with Gasteiger partial charge in [-0.3, -0.25) is 0 Å². The van der Waals surface area contributed by atoms with Crippen LogP contribution in [0.3, 0.4) is 0 Å². The van der Waals surface area contributed by atoms with E-state index in [4.69, 9.17) is 0 Å². The Balaban J connectivity index is 0.00000245. The number of benzene rings is 4. The fourth-order valence-corrected chi connectivity index (χ4v) is 8.53. The van der Waals surface area contributed by atoms with E-state index in [1.807, 2.05) is 18.2 Å². The molecule has 5 aromatic rings. The Morgan fingerprint density at radius 3 is 1.62 bits per heavy atom. The third kappa shape index (κ3) is 4.00. The van der Waals surface area contributed by atoms with Gasteiger partial charge in [-0.25, -0.2) is 0 Å². The summed E-state index contributed by atoms with van der Waals surface area (Å²) in [6.45, 7) is 0. The van der Waals surface area contributed by atoms with Crippen molar-refractivity contribution in [2.45, 2.75) is 6.16 Å². The zero-order chi connectivity index (χ0) is 21.1. The van der Waals surface area contributed by atoms with Gasteiger partial charge in [0.1, 0.15) is 29.3 Å². The second kappa shape index (κ2) is 9.53. The molecule has 0 aliphatic carbocycles. The van der Waals surface area contributed by atoms with Crippen molar-refractivity contribution in [3.8, 4) is 6.07 Å². The van der Waals surface area contributed by atoms with E-state index in [0.29, 0.717) is 5.56 Å². The van der Waals surface area contributed by atoms with E-state index in [9.17, 15) is 5.26 Å². The third-order valence-electron chi connectivity index (χ3n) is 5.81. The Labute approximate surface area is 199 Å². The van der Waals surface area contributed by atoms with Crippen molar-refractivity contribution < 1.29 is 17.0 Å². The highest BCUT2D eigenvalue weighted by atomic mass is 79.9. The monoisotopic (exact) mass is 496 g/mol. The average molecular weight is 497 g/mol. The lowest BCUT2D eigenvalue weighted by Gasteiger charge is -2.27. The summed E-state index contributed by atoms with van der Waals surface area (Å²) >= 11 is 0. The summed E-state index contributed by atoms with van der Waals surface area (Å²) in [5, 5.41) is 14.5. The molecule has 4 heteroatoms. The molecule has 2 nitrogen and oxygen atoms in total. The van der Waals surface area contributed by atoms with Gasteiger partial charge in [-0.15, -0.1) is 0 Å². The molecule has 0 atom stereocenters. The first-order valence-electron chi connectivity index (χ1n) is 10.4. The molecule has 0 amide bonds. The zero-order valence-electron chi connectivity index (χ0n) is 17.4. The molecule has 0 radical (unpaired) electrons. The highest BCUT2D eigenvalue weighted by Crippen LogP contribution is 2.58. The Morgan fingerprint density at radius 1 is 0.656 bits per heavy atom. The lowest BCUT2D eigenvalue weighted by molar-refractivity contribution is -0.00000630. The Kier molecular flexibility index (Phi) is 6.56. The van der Waals surface area contributed by atoms with E-state index < -0.39 is 7.26 Å². The number of rotatable bonds is 5. The van der Waals surface area contributed by atoms with Crippen LogP contribution in [0, 0.1) is 11.3 Å². The molecule has 1 heterocycles. The quantitative estimate of drug-likeness (QED) is 0.373. The van der Waals surface area contributed by atoms with Gasteiger partial charge in [-0.1, -0.05) is 60.7 Å². The lowest BCUT2D eigenvalue weighted by Crippen LogP contribution is -3.00. The summed E-state index contributed by atoms with van der Waals surface area (Å²) in [6.07, 6.45) is 0.890. The van der Waals surface area contributed by atoms with Crippen LogP contribution in [0.15, 0.2) is 115 Å². The van der Waals surface area contributed by atoms with Crippen LogP contribution in [0.1, 0.15) is 11.3 Å². The van der Waals surface area contributed by atoms with E-state index in [1.165, 1.54) is 21.6 Å². The predicted octanol–water partition coefficient (Wildman–Crippen LogP) is 2.54. The number of halogens is 1. The molecule has 0 bridgehead atoms. The Bertz CT molecular complexity index is 1260. The van der Waals surface area contributed by atoms with Crippen LogP contribution in [0.5, 0.6) is 0 Å². The highest BCUT2D eigenvalue weighted by Gasteiger charge is 2.45. The van der Waals surface area contributed by atoms with Crippen molar-refractivity contribution in [3.05, 3.63) is 127 Å². The SMILES string of the molecule is N#Cc1ccc2cc(C[P+](c3ccccc3)(c3ccccc3)c3ccccc3)[nH]c2c1.[Br-]. The summed E-state index contributed by atoms with van der Waals surface area (Å²) in [4.78, 5) is 3.61. The van der Waals surface area contributed by atoms with Gasteiger partial charge in [0.25, 0.3) is 0 Å². The Hall–Kier alpha value is -3.18. The van der Waals surface area contributed by atoms with E-state index in [1.54, 1.807) is 0 Å². The molecule has 156 valence electrons. The molecular weight excluding hydrogens is 475 g/mol. The molecule has 0 saturated heterocycles. The molecule has 0 spiro atoms. The van der Waals surface area contributed by atoms with Gasteiger partial charge in [0.05, 0.1) is 17.3 Å². The van der Waals surface area contributed by atoms with E-state index in [2.05, 4.69) is 108 Å². The molecule has 0 saturated carbocycles. The number of nitrogens with zero attached hydrogens (tertiary/aromatic N) is 1. The van der Waals surface area contributed by atoms with E-state index in [-0.39, 0.29) is 17.0 Å². The van der Waals surface area contributed by atoms with Crippen molar-refractivity contribution in [2.24, 2.45) is 0 Å². The van der Waals surface area contributed by atoms with Crippen molar-refractivity contribution in [1.29, 1.82) is 5.26 Å². The number of nitrogens with one attached hydrogen (secondary N) is 1. The zero-order valence-corrected chi connectivity index (χ0v) is 19.9. The molecule has 0 aliphatic rings. The van der Waals surface area contributed by atoms with Crippen molar-refractivity contribution in [3.63, 3.8) is 0 Å². The summed E-state index contributed by atoms with van der Waals surface area (Å²) in [5.74, 6) is 0. The highest BCUT2D eigenvalue weighted by molar-refractivity contribution is 7.95. The van der Waals surface area contributed by atoms with Gasteiger partial charge in [0.15, 0.2) is 0 Å². The third-order valence-corrected chi connectivity index (χ3v) is 10.2. The van der Waals surface area contributed by atoms with Crippen LogP contribution < -0.4 is 32.9 Å². The number of aromatic nitrogens is 1. The summed E-state index contributed by atoms with van der Waals surface area (Å²) in [5.41, 5.74) is 2.88. The largest absolute Gasteiger partial charge is 1.00 e. The first-order chi connectivity index (χ1) is 15.3. The number of nitriles is 1. The number of H-pyrrole nitrogens is 1. The Morgan fingerprint density at radius 2 is 1.16 bits per heavy atom. The maximum absolute atomic E-state index is 9.28. The van der Waals surface area contributed by atoms with Gasteiger partial charge in [-0.2, -0.15) is 5.26 Å². The minimum atomic E-state index is -1.95. The van der Waals surface area contributed by atoms with Crippen LogP contribution in [-0.4, -0.2) is 4.98 Å². The van der Waals surface area contributed by atoms with Crippen LogP contribution in [0.2, 0.25) is 0 Å². The molecule has 4 aromatic carbocycles. The lowest BCUT2D eigenvalue weighted by atomic mass is 10.2. The topological polar surface area (TPSA) is 39.6 Å². The summed E-state index contributed by atoms with van der Waals surface area (Å²) in [6, 6.07) is 43.0. The number of fused-ring (bicyclic) bond motifs is 1. The minimum absolute atomic E-state index is 0. The average Bonchev–Trinajstić information content (AvgIpc) is 3.25. The van der Waals surface area contributed by atoms with Gasteiger partial charge < -0.3 is 22.0 Å². The number of aromatic amines is 1. The van der Waals surface area contributed by atoms with Crippen LogP contribution in [0.25, 0.3) is 10.9 Å². The smallest absolute Gasteiger partial charge is 0.118 e. The second-order valence-electron chi connectivity index (χ2n) is 7.68. The van der Waals surface area contributed by atoms with Crippen molar-refractivity contribution in [1.82, 2.24) is 4.98 Å². The molecule has 0 unspecified atom stereocenters. The predicted molar refractivity (Wildman–Crippen MR) is 132 cm³/mol. The number of hydrogen-bond donors (Lipinski definition) is 1. The first kappa shape index (κ1) is 22.0. The van der Waals surface area contributed by atoms with Crippen LogP contribution in [0.4, 0.5) is 0 Å². The summed E-state index contributed by atoms with van der Waals surface area (Å²) < 4.78 is 0. The fourth-order valence-electron chi connectivity index (χ4n) is 4.37. The van der Waals surface area contributed by atoms with Crippen LogP contribution >= 0.6 is 7.26 Å². The molecule has 32 heavy (non-hydrogen) atoms. The molecule has 0 fully saturated rings. The van der Waals surface area contributed by atoms with Crippen LogP contribution in [-0.2, 0) is 6.16 Å². The van der Waals surface area contributed by atoms with Crippen molar-refractivity contribution >= 4 is 34.1 Å². The molecule has 5 rings (SSSR count). The molecule has 1 aromatic heterocycles. The maximum Gasteiger partial charge on any atom is 0.118 e. The first-order valence-corrected chi connectivity index (χ1v) is 12.3. The summed E-state index contributed by atoms with van der Waals surface area (Å²) in [7, 11) is -1.95. The minimum Gasteiger partial charge on any atom is -1.00 e. The molecular formula is C28H22BrN2P. The van der Waals surface area contributed by atoms with Gasteiger partial charge in [-0.05, 0) is 60.0 Å². The maximum atomic E-state index is 9.28. The van der Waals surface area contributed by atoms with Crippen molar-refractivity contribution in [2.75, 3.05) is 0 Å². The normalized spacial score (nSPS) is 11.0. The molecule has 0 aliphatic heterocycles. The standard InChI is InChI=1S/C28H22N2P.BrH/c29-20-22-16-17-23-19-24(30-28(23)18-22)21-31(25-10-4-1-5-11-25,26-12-6-2-7-13-26)27-14-8-3-9-15-27;/h1-19,30H,21H2;1H/q+1;/p-1. The van der Waals surface area contributed by atoms with Gasteiger partial charge >= 0.3 is 0 Å². The fraction of sp³-hybridized carbons (Fsp3) is 0.0357.